The van der Waals surface area contributed by atoms with E-state index in [4.69, 9.17) is 18.9 Å². The van der Waals surface area contributed by atoms with Gasteiger partial charge in [0.05, 0.1) is 30.3 Å². The van der Waals surface area contributed by atoms with E-state index in [2.05, 4.69) is 0 Å². The number of hydrogen-bond acceptors (Lipinski definition) is 9. The summed E-state index contributed by atoms with van der Waals surface area (Å²) >= 11 is 0. The molecule has 9 nitrogen and oxygen atoms in total. The normalized spacial score (nSPS) is 21.2. The molecule has 1 aromatic rings. The van der Waals surface area contributed by atoms with Crippen LogP contribution in [0.25, 0.3) is 5.57 Å². The van der Waals surface area contributed by atoms with E-state index in [0.29, 0.717) is 41.9 Å². The van der Waals surface area contributed by atoms with Crippen LogP contribution in [0.2, 0.25) is 0 Å². The summed E-state index contributed by atoms with van der Waals surface area (Å²) in [5.74, 6) is -0.0260. The van der Waals surface area contributed by atoms with Crippen molar-refractivity contribution in [3.63, 3.8) is 0 Å². The molecule has 0 aromatic heterocycles. The Morgan fingerprint density at radius 3 is 2.38 bits per heavy atom. The number of ether oxygens (including phenoxy) is 4. The lowest BCUT2D eigenvalue weighted by molar-refractivity contribution is -0.152. The second-order valence-corrected chi connectivity index (χ2v) is 10.1. The zero-order chi connectivity index (χ0) is 29.1. The van der Waals surface area contributed by atoms with E-state index < -0.39 is 30.4 Å². The first-order chi connectivity index (χ1) is 19.2. The lowest BCUT2D eigenvalue weighted by Crippen LogP contribution is -2.31. The van der Waals surface area contributed by atoms with Crippen molar-refractivity contribution in [1.82, 2.24) is 0 Å². The van der Waals surface area contributed by atoms with E-state index in [-0.39, 0.29) is 37.6 Å². The molecular formula is C31H42O9. The van der Waals surface area contributed by atoms with Crippen molar-refractivity contribution in [1.29, 1.82) is 0 Å². The molecule has 0 bridgehead atoms. The van der Waals surface area contributed by atoms with Gasteiger partial charge in [-0.25, -0.2) is 4.79 Å². The topological polar surface area (TPSA) is 132 Å². The lowest BCUT2D eigenvalue weighted by Gasteiger charge is -2.29. The molecule has 9 heteroatoms. The number of aliphatic hydroxyl groups excluding tert-OH is 3. The van der Waals surface area contributed by atoms with Crippen LogP contribution in [0.4, 0.5) is 0 Å². The summed E-state index contributed by atoms with van der Waals surface area (Å²) in [4.78, 5) is 24.9. The Bertz CT molecular complexity index is 1060. The van der Waals surface area contributed by atoms with Crippen LogP contribution in [0.5, 0.6) is 5.75 Å². The van der Waals surface area contributed by atoms with Crippen molar-refractivity contribution in [3.05, 3.63) is 59.9 Å². The molecule has 0 saturated carbocycles. The maximum atomic E-state index is 12.8. The molecule has 6 unspecified atom stereocenters. The summed E-state index contributed by atoms with van der Waals surface area (Å²) in [6.45, 7) is 5.81. The third kappa shape index (κ3) is 8.94. The van der Waals surface area contributed by atoms with Gasteiger partial charge in [0, 0.05) is 12.3 Å². The van der Waals surface area contributed by atoms with E-state index in [1.54, 1.807) is 43.3 Å². The number of aliphatic hydroxyl groups is 3. The molecule has 1 aliphatic carbocycles. The molecule has 220 valence electrons. The molecule has 40 heavy (non-hydrogen) atoms. The van der Waals surface area contributed by atoms with Crippen LogP contribution in [0, 0.1) is 11.8 Å². The Morgan fingerprint density at radius 1 is 0.950 bits per heavy atom. The van der Waals surface area contributed by atoms with E-state index >= 15 is 0 Å². The van der Waals surface area contributed by atoms with Gasteiger partial charge in [-0.05, 0) is 49.1 Å². The van der Waals surface area contributed by atoms with Gasteiger partial charge < -0.3 is 34.3 Å². The molecule has 1 aromatic carbocycles. The Kier molecular flexibility index (Phi) is 12.2. The minimum absolute atomic E-state index is 0.0625. The average molecular weight is 559 g/mol. The molecule has 0 fully saturated rings. The lowest BCUT2D eigenvalue weighted by atomic mass is 9.90. The molecule has 0 amide bonds. The number of benzene rings is 1. The summed E-state index contributed by atoms with van der Waals surface area (Å²) < 4.78 is 22.2. The second-order valence-electron chi connectivity index (χ2n) is 10.1. The monoisotopic (exact) mass is 558 g/mol. The summed E-state index contributed by atoms with van der Waals surface area (Å²) in [5, 5.41) is 29.7. The SMILES string of the molecule is CCCC(CC)C(=O)OCC(O)COC1=CC2OC(=O)C(c3ccc(OCCC(O)C(O)CC)cc3)=CC2C=C1. The highest BCUT2D eigenvalue weighted by Crippen LogP contribution is 2.32. The predicted molar refractivity (Wildman–Crippen MR) is 149 cm³/mol. The number of esters is 2. The Hall–Kier alpha value is -3.14. The molecular weight excluding hydrogens is 516 g/mol. The largest absolute Gasteiger partial charge is 0.493 e. The van der Waals surface area contributed by atoms with Gasteiger partial charge in [-0.2, -0.15) is 0 Å². The Balaban J connectivity index is 1.49. The van der Waals surface area contributed by atoms with Crippen molar-refractivity contribution in [2.75, 3.05) is 19.8 Å². The highest BCUT2D eigenvalue weighted by molar-refractivity contribution is 6.17. The number of rotatable bonds is 16. The van der Waals surface area contributed by atoms with E-state index in [9.17, 15) is 24.9 Å². The van der Waals surface area contributed by atoms with Crippen LogP contribution in [0.15, 0.2) is 54.3 Å². The van der Waals surface area contributed by atoms with Gasteiger partial charge in [0.25, 0.3) is 0 Å². The van der Waals surface area contributed by atoms with Gasteiger partial charge in [-0.1, -0.05) is 51.5 Å². The van der Waals surface area contributed by atoms with Crippen LogP contribution in [0.3, 0.4) is 0 Å². The van der Waals surface area contributed by atoms with Crippen molar-refractivity contribution in [2.45, 2.75) is 77.3 Å². The van der Waals surface area contributed by atoms with E-state index in [0.717, 1.165) is 12.8 Å². The number of fused-ring (bicyclic) bond motifs is 1. The van der Waals surface area contributed by atoms with Gasteiger partial charge in [-0.3, -0.25) is 4.79 Å². The van der Waals surface area contributed by atoms with Crippen LogP contribution < -0.4 is 4.74 Å². The van der Waals surface area contributed by atoms with Gasteiger partial charge in [0.1, 0.15) is 36.9 Å². The Labute approximate surface area is 236 Å². The average Bonchev–Trinajstić information content (AvgIpc) is 2.96. The van der Waals surface area contributed by atoms with Crippen molar-refractivity contribution < 1.29 is 43.9 Å². The highest BCUT2D eigenvalue weighted by Gasteiger charge is 2.32. The first-order valence-corrected chi connectivity index (χ1v) is 14.1. The van der Waals surface area contributed by atoms with Gasteiger partial charge in [0.2, 0.25) is 0 Å². The standard InChI is InChI=1S/C31H42O9/c1-4-7-20(5-2)30(35)39-19-23(32)18-38-25-13-10-22-16-26(31(36)40-29(22)17-25)21-8-11-24(12-9-21)37-15-14-28(34)27(33)6-3/h8-13,16-17,20,22-23,27-29,32-34H,4-7,14-15,18-19H2,1-3H3. The summed E-state index contributed by atoms with van der Waals surface area (Å²) in [6, 6.07) is 7.04. The van der Waals surface area contributed by atoms with Crippen LogP contribution >= 0.6 is 0 Å². The summed E-state index contributed by atoms with van der Waals surface area (Å²) in [5.41, 5.74) is 1.14. The van der Waals surface area contributed by atoms with Crippen LogP contribution in [-0.2, 0) is 23.8 Å². The van der Waals surface area contributed by atoms with Crippen LogP contribution in [-0.4, -0.2) is 71.5 Å². The minimum Gasteiger partial charge on any atom is -0.493 e. The third-order valence-corrected chi connectivity index (χ3v) is 7.05. The van der Waals surface area contributed by atoms with E-state index in [1.165, 1.54) is 0 Å². The van der Waals surface area contributed by atoms with Gasteiger partial charge in [-0.15, -0.1) is 0 Å². The number of carbonyl (C=O) groups is 2. The first-order valence-electron chi connectivity index (χ1n) is 14.1. The predicted octanol–water partition coefficient (Wildman–Crippen LogP) is 3.71. The second kappa shape index (κ2) is 15.6. The zero-order valence-corrected chi connectivity index (χ0v) is 23.5. The number of allylic oxidation sites excluding steroid dienone is 1. The van der Waals surface area contributed by atoms with Crippen molar-refractivity contribution in [3.8, 4) is 5.75 Å². The Morgan fingerprint density at radius 2 is 1.70 bits per heavy atom. The molecule has 3 N–H and O–H groups in total. The summed E-state index contributed by atoms with van der Waals surface area (Å²) in [7, 11) is 0. The molecule has 3 rings (SSSR count). The number of hydrogen-bond donors (Lipinski definition) is 3. The minimum atomic E-state index is -0.976. The number of carbonyl (C=O) groups excluding carboxylic acids is 2. The zero-order valence-electron chi connectivity index (χ0n) is 23.5. The maximum Gasteiger partial charge on any atom is 0.339 e. The fourth-order valence-corrected chi connectivity index (χ4v) is 4.53. The molecule has 1 heterocycles. The van der Waals surface area contributed by atoms with E-state index in [1.807, 2.05) is 26.0 Å². The third-order valence-electron chi connectivity index (χ3n) is 7.05. The smallest absolute Gasteiger partial charge is 0.339 e. The fraction of sp³-hybridized carbons (Fsp3) is 0.548. The molecule has 2 aliphatic rings. The van der Waals surface area contributed by atoms with Crippen molar-refractivity contribution >= 4 is 17.5 Å². The fourth-order valence-electron chi connectivity index (χ4n) is 4.53. The molecule has 1 aliphatic heterocycles. The quantitative estimate of drug-likeness (QED) is 0.260. The molecule has 6 atom stereocenters. The van der Waals surface area contributed by atoms with Gasteiger partial charge in [0.15, 0.2) is 0 Å². The van der Waals surface area contributed by atoms with Gasteiger partial charge >= 0.3 is 11.9 Å². The highest BCUT2D eigenvalue weighted by atomic mass is 16.6. The maximum absolute atomic E-state index is 12.8. The molecule has 0 spiro atoms. The van der Waals surface area contributed by atoms with Crippen molar-refractivity contribution in [2.24, 2.45) is 11.8 Å². The van der Waals surface area contributed by atoms with Crippen LogP contribution in [0.1, 0.15) is 58.4 Å². The molecule has 0 saturated heterocycles. The first kappa shape index (κ1) is 31.4. The molecule has 0 radical (unpaired) electrons. The summed E-state index contributed by atoms with van der Waals surface area (Å²) in [6.07, 6.45) is 7.23.